The second-order valence-corrected chi connectivity index (χ2v) is 6.91. The van der Waals surface area contributed by atoms with Gasteiger partial charge in [0.15, 0.2) is 5.82 Å². The van der Waals surface area contributed by atoms with Crippen LogP contribution in [0.2, 0.25) is 0 Å². The van der Waals surface area contributed by atoms with Gasteiger partial charge in [0.05, 0.1) is 4.92 Å². The quantitative estimate of drug-likeness (QED) is 0.347. The first-order valence-corrected chi connectivity index (χ1v) is 9.31. The number of ether oxygens (including phenoxy) is 1. The summed E-state index contributed by atoms with van der Waals surface area (Å²) in [5, 5.41) is 19.9. The molecular formula is C22H19N5O3. The third-order valence-electron chi connectivity index (χ3n) is 4.69. The molecule has 30 heavy (non-hydrogen) atoms. The van der Waals surface area contributed by atoms with E-state index in [-0.39, 0.29) is 11.6 Å². The smallest absolute Gasteiger partial charge is 0.331 e. The van der Waals surface area contributed by atoms with Crippen LogP contribution in [0.3, 0.4) is 0 Å². The van der Waals surface area contributed by atoms with Gasteiger partial charge in [-0.25, -0.2) is 4.98 Å². The van der Waals surface area contributed by atoms with Crippen molar-refractivity contribution in [2.24, 2.45) is 0 Å². The molecule has 0 amide bonds. The summed E-state index contributed by atoms with van der Waals surface area (Å²) in [6, 6.07) is 16.6. The van der Waals surface area contributed by atoms with E-state index in [4.69, 9.17) is 4.74 Å². The van der Waals surface area contributed by atoms with E-state index in [1.807, 2.05) is 54.8 Å². The van der Waals surface area contributed by atoms with Gasteiger partial charge < -0.3 is 4.74 Å². The summed E-state index contributed by atoms with van der Waals surface area (Å²) in [4.78, 5) is 14.8. The van der Waals surface area contributed by atoms with E-state index in [9.17, 15) is 10.1 Å². The van der Waals surface area contributed by atoms with Gasteiger partial charge in [0.2, 0.25) is 0 Å². The van der Waals surface area contributed by atoms with Gasteiger partial charge in [0.25, 0.3) is 5.88 Å². The van der Waals surface area contributed by atoms with Crippen molar-refractivity contribution < 1.29 is 9.66 Å². The highest BCUT2D eigenvalue weighted by Crippen LogP contribution is 2.31. The van der Waals surface area contributed by atoms with Gasteiger partial charge in [-0.3, -0.25) is 14.7 Å². The summed E-state index contributed by atoms with van der Waals surface area (Å²) in [7, 11) is 0. The maximum absolute atomic E-state index is 11.3. The summed E-state index contributed by atoms with van der Waals surface area (Å²) in [6.45, 7) is 5.66. The zero-order valence-electron chi connectivity index (χ0n) is 16.7. The lowest BCUT2D eigenvalue weighted by atomic mass is 10.1. The van der Waals surface area contributed by atoms with Crippen molar-refractivity contribution in [1.29, 1.82) is 0 Å². The molecule has 150 valence electrons. The summed E-state index contributed by atoms with van der Waals surface area (Å²) in [5.74, 6) is 1.90. The van der Waals surface area contributed by atoms with Crippen LogP contribution in [0.25, 0.3) is 17.1 Å². The molecule has 0 fully saturated rings. The average molecular weight is 401 g/mol. The van der Waals surface area contributed by atoms with Gasteiger partial charge in [-0.15, -0.1) is 10.2 Å². The van der Waals surface area contributed by atoms with Crippen LogP contribution in [0.1, 0.15) is 17.0 Å². The Kier molecular flexibility index (Phi) is 4.97. The van der Waals surface area contributed by atoms with E-state index in [1.54, 1.807) is 19.1 Å². The van der Waals surface area contributed by atoms with Crippen LogP contribution in [-0.4, -0.2) is 24.7 Å². The second-order valence-electron chi connectivity index (χ2n) is 6.91. The number of aromatic nitrogens is 4. The Morgan fingerprint density at radius 2 is 1.73 bits per heavy atom. The number of rotatable bonds is 5. The lowest BCUT2D eigenvalue weighted by Crippen LogP contribution is -2.01. The SMILES string of the molecule is Cc1cnc(Oc2ccc(-n3c(C)nnc3-c3ccccc3C)cc2)c([N+](=O)[O-])c1. The Morgan fingerprint density at radius 1 is 1.00 bits per heavy atom. The molecule has 8 nitrogen and oxygen atoms in total. The van der Waals surface area contributed by atoms with E-state index in [2.05, 4.69) is 15.2 Å². The minimum absolute atomic E-state index is 0.0422. The molecule has 0 N–H and O–H groups in total. The Hall–Kier alpha value is -4.07. The highest BCUT2D eigenvalue weighted by atomic mass is 16.6. The first-order valence-electron chi connectivity index (χ1n) is 9.31. The molecule has 2 aromatic heterocycles. The highest BCUT2D eigenvalue weighted by molar-refractivity contribution is 5.63. The fourth-order valence-corrected chi connectivity index (χ4v) is 3.20. The summed E-state index contributed by atoms with van der Waals surface area (Å²) in [6.07, 6.45) is 1.53. The predicted octanol–water partition coefficient (Wildman–Crippen LogP) is 4.96. The third-order valence-corrected chi connectivity index (χ3v) is 4.69. The maximum Gasteiger partial charge on any atom is 0.331 e. The van der Waals surface area contributed by atoms with Crippen LogP contribution in [0.5, 0.6) is 11.6 Å². The first kappa shape index (κ1) is 19.3. The number of aryl methyl sites for hydroxylation is 3. The number of pyridine rings is 1. The van der Waals surface area contributed by atoms with E-state index in [0.717, 1.165) is 28.5 Å². The molecular weight excluding hydrogens is 382 g/mol. The number of nitro groups is 1. The molecule has 8 heteroatoms. The van der Waals surface area contributed by atoms with Crippen molar-refractivity contribution in [3.05, 3.63) is 87.9 Å². The van der Waals surface area contributed by atoms with Crippen LogP contribution in [-0.2, 0) is 0 Å². The molecule has 0 atom stereocenters. The molecule has 0 aliphatic carbocycles. The zero-order chi connectivity index (χ0) is 21.3. The largest absolute Gasteiger partial charge is 0.434 e. The van der Waals surface area contributed by atoms with Crippen molar-refractivity contribution in [3.8, 4) is 28.7 Å². The number of hydrogen-bond acceptors (Lipinski definition) is 6. The van der Waals surface area contributed by atoms with Gasteiger partial charge >= 0.3 is 5.69 Å². The Morgan fingerprint density at radius 3 is 2.43 bits per heavy atom. The average Bonchev–Trinajstić information content (AvgIpc) is 3.11. The summed E-state index contributed by atoms with van der Waals surface area (Å²) < 4.78 is 7.63. The Bertz CT molecular complexity index is 1230. The molecule has 0 aliphatic heterocycles. The van der Waals surface area contributed by atoms with Crippen molar-refractivity contribution in [2.75, 3.05) is 0 Å². The van der Waals surface area contributed by atoms with Crippen LogP contribution >= 0.6 is 0 Å². The lowest BCUT2D eigenvalue weighted by molar-refractivity contribution is -0.386. The van der Waals surface area contributed by atoms with Gasteiger partial charge in [-0.1, -0.05) is 24.3 Å². The Labute approximate surface area is 173 Å². The van der Waals surface area contributed by atoms with Gasteiger partial charge in [-0.05, 0) is 56.2 Å². The van der Waals surface area contributed by atoms with E-state index in [1.165, 1.54) is 12.3 Å². The van der Waals surface area contributed by atoms with Gasteiger partial charge in [0, 0.05) is 23.5 Å². The Balaban J connectivity index is 1.67. The molecule has 2 aromatic carbocycles. The molecule has 4 aromatic rings. The molecule has 0 bridgehead atoms. The standard InChI is InChI=1S/C22H19N5O3/c1-14-12-20(27(28)29)22(23-13-14)30-18-10-8-17(9-11-18)26-16(3)24-25-21(26)19-7-5-4-6-15(19)2/h4-13H,1-3H3. The second kappa shape index (κ2) is 7.75. The van der Waals surface area contributed by atoms with Crippen molar-refractivity contribution >= 4 is 5.69 Å². The number of nitrogens with zero attached hydrogens (tertiary/aromatic N) is 5. The normalized spacial score (nSPS) is 10.8. The number of hydrogen-bond donors (Lipinski definition) is 0. The minimum Gasteiger partial charge on any atom is -0.434 e. The third kappa shape index (κ3) is 3.62. The van der Waals surface area contributed by atoms with Crippen molar-refractivity contribution in [2.45, 2.75) is 20.8 Å². The molecule has 0 aliphatic rings. The van der Waals surface area contributed by atoms with Crippen LogP contribution < -0.4 is 4.74 Å². The molecule has 4 rings (SSSR count). The van der Waals surface area contributed by atoms with E-state index < -0.39 is 4.92 Å². The van der Waals surface area contributed by atoms with Gasteiger partial charge in [-0.2, -0.15) is 0 Å². The monoisotopic (exact) mass is 401 g/mol. The topological polar surface area (TPSA) is 96.0 Å². The molecule has 0 saturated carbocycles. The first-order chi connectivity index (χ1) is 14.4. The number of benzene rings is 2. The van der Waals surface area contributed by atoms with E-state index in [0.29, 0.717) is 11.3 Å². The van der Waals surface area contributed by atoms with Crippen molar-refractivity contribution in [3.63, 3.8) is 0 Å². The van der Waals surface area contributed by atoms with Gasteiger partial charge in [0.1, 0.15) is 11.6 Å². The van der Waals surface area contributed by atoms with Crippen LogP contribution in [0.4, 0.5) is 5.69 Å². The summed E-state index contributed by atoms with van der Waals surface area (Å²) >= 11 is 0. The molecule has 0 unspecified atom stereocenters. The van der Waals surface area contributed by atoms with E-state index >= 15 is 0 Å². The van der Waals surface area contributed by atoms with Crippen LogP contribution in [0, 0.1) is 30.9 Å². The molecule has 0 spiro atoms. The fourth-order valence-electron chi connectivity index (χ4n) is 3.20. The zero-order valence-corrected chi connectivity index (χ0v) is 16.7. The predicted molar refractivity (Wildman–Crippen MR) is 112 cm³/mol. The molecule has 0 radical (unpaired) electrons. The highest BCUT2D eigenvalue weighted by Gasteiger charge is 2.18. The lowest BCUT2D eigenvalue weighted by Gasteiger charge is -2.11. The van der Waals surface area contributed by atoms with Crippen molar-refractivity contribution in [1.82, 2.24) is 19.7 Å². The van der Waals surface area contributed by atoms with Crippen LogP contribution in [0.15, 0.2) is 60.8 Å². The maximum atomic E-state index is 11.3. The molecule has 2 heterocycles. The fraction of sp³-hybridized carbons (Fsp3) is 0.136. The molecule has 0 saturated heterocycles. The summed E-state index contributed by atoms with van der Waals surface area (Å²) in [5.41, 5.74) is 3.48. The minimum atomic E-state index is -0.501.